The van der Waals surface area contributed by atoms with Gasteiger partial charge in [0.25, 0.3) is 11.6 Å². The molecular formula is C16H15ClN2O3. The normalized spacial score (nSPS) is 11.8. The van der Waals surface area contributed by atoms with E-state index in [4.69, 9.17) is 11.6 Å². The van der Waals surface area contributed by atoms with Crippen LogP contribution in [0.4, 0.5) is 5.69 Å². The van der Waals surface area contributed by atoms with E-state index in [0.717, 1.165) is 5.56 Å². The summed E-state index contributed by atoms with van der Waals surface area (Å²) in [5.74, 6) is -0.301. The number of rotatable bonds is 4. The molecule has 6 heteroatoms. The number of nitrogens with one attached hydrogen (secondary N) is 1. The summed E-state index contributed by atoms with van der Waals surface area (Å²) in [6.45, 7) is 3.43. The Morgan fingerprint density at radius 3 is 2.55 bits per heavy atom. The molecule has 1 atom stereocenters. The second kappa shape index (κ2) is 6.58. The summed E-state index contributed by atoms with van der Waals surface area (Å²) in [5.41, 5.74) is 1.64. The minimum absolute atomic E-state index is 0.00398. The highest BCUT2D eigenvalue weighted by Gasteiger charge is 2.16. The van der Waals surface area contributed by atoms with Crippen LogP contribution >= 0.6 is 11.6 Å². The predicted octanol–water partition coefficient (Wildman–Crippen LogP) is 4.05. The van der Waals surface area contributed by atoms with Crippen LogP contribution in [-0.2, 0) is 0 Å². The summed E-state index contributed by atoms with van der Waals surface area (Å²) < 4.78 is 0. The van der Waals surface area contributed by atoms with E-state index in [0.29, 0.717) is 16.1 Å². The van der Waals surface area contributed by atoms with Crippen LogP contribution in [0.25, 0.3) is 0 Å². The minimum atomic E-state index is -0.469. The Bertz CT molecular complexity index is 731. The Kier molecular flexibility index (Phi) is 4.78. The maximum atomic E-state index is 12.2. The van der Waals surface area contributed by atoms with Gasteiger partial charge in [-0.15, -0.1) is 0 Å². The molecule has 22 heavy (non-hydrogen) atoms. The second-order valence-corrected chi connectivity index (χ2v) is 5.38. The van der Waals surface area contributed by atoms with Crippen LogP contribution in [0, 0.1) is 17.0 Å². The summed E-state index contributed by atoms with van der Waals surface area (Å²) >= 11 is 6.10. The Labute approximate surface area is 133 Å². The molecule has 0 fully saturated rings. The molecule has 0 spiro atoms. The molecule has 114 valence electrons. The van der Waals surface area contributed by atoms with Crippen LogP contribution in [0.15, 0.2) is 42.5 Å². The van der Waals surface area contributed by atoms with Gasteiger partial charge in [-0.25, -0.2) is 0 Å². The molecule has 1 unspecified atom stereocenters. The van der Waals surface area contributed by atoms with Gasteiger partial charge in [-0.05, 0) is 37.6 Å². The first-order valence-electron chi connectivity index (χ1n) is 6.70. The molecule has 0 aromatic heterocycles. The van der Waals surface area contributed by atoms with Gasteiger partial charge in [-0.1, -0.05) is 29.8 Å². The average Bonchev–Trinajstić information content (AvgIpc) is 2.46. The van der Waals surface area contributed by atoms with Crippen molar-refractivity contribution in [3.63, 3.8) is 0 Å². The highest BCUT2D eigenvalue weighted by molar-refractivity contribution is 6.31. The molecule has 2 aromatic carbocycles. The zero-order valence-corrected chi connectivity index (χ0v) is 12.9. The molecule has 5 nitrogen and oxygen atoms in total. The Morgan fingerprint density at radius 1 is 1.27 bits per heavy atom. The lowest BCUT2D eigenvalue weighted by molar-refractivity contribution is -0.385. The first-order valence-corrected chi connectivity index (χ1v) is 7.08. The number of nitrogens with zero attached hydrogens (tertiary/aromatic N) is 1. The number of halogens is 1. The first-order chi connectivity index (χ1) is 10.4. The quantitative estimate of drug-likeness (QED) is 0.682. The van der Waals surface area contributed by atoms with Crippen molar-refractivity contribution in [1.82, 2.24) is 5.32 Å². The van der Waals surface area contributed by atoms with Crippen LogP contribution in [0.5, 0.6) is 0 Å². The first kappa shape index (κ1) is 16.0. The van der Waals surface area contributed by atoms with Crippen molar-refractivity contribution in [1.29, 1.82) is 0 Å². The van der Waals surface area contributed by atoms with E-state index in [-0.39, 0.29) is 17.6 Å². The van der Waals surface area contributed by atoms with E-state index in [9.17, 15) is 14.9 Å². The third-order valence-electron chi connectivity index (χ3n) is 3.38. The summed E-state index contributed by atoms with van der Waals surface area (Å²) in [6, 6.07) is 11.3. The summed E-state index contributed by atoms with van der Waals surface area (Å²) in [6.07, 6.45) is 0. The van der Waals surface area contributed by atoms with E-state index >= 15 is 0 Å². The van der Waals surface area contributed by atoms with Crippen molar-refractivity contribution in [3.05, 3.63) is 74.3 Å². The number of hydrogen-bond acceptors (Lipinski definition) is 3. The summed E-state index contributed by atoms with van der Waals surface area (Å²) in [7, 11) is 0. The molecular weight excluding hydrogens is 304 g/mol. The largest absolute Gasteiger partial charge is 0.345 e. The minimum Gasteiger partial charge on any atom is -0.345 e. The lowest BCUT2D eigenvalue weighted by Crippen LogP contribution is -2.26. The van der Waals surface area contributed by atoms with Gasteiger partial charge in [0.2, 0.25) is 0 Å². The number of amides is 1. The van der Waals surface area contributed by atoms with E-state index in [1.165, 1.54) is 18.2 Å². The average molecular weight is 319 g/mol. The fourth-order valence-electron chi connectivity index (χ4n) is 2.19. The molecule has 2 rings (SSSR count). The summed E-state index contributed by atoms with van der Waals surface area (Å²) in [5, 5.41) is 14.2. The predicted molar refractivity (Wildman–Crippen MR) is 85.2 cm³/mol. The number of hydrogen-bond donors (Lipinski definition) is 1. The molecule has 0 radical (unpaired) electrons. The van der Waals surface area contributed by atoms with Gasteiger partial charge in [0, 0.05) is 22.2 Å². The van der Waals surface area contributed by atoms with Crippen molar-refractivity contribution < 1.29 is 9.72 Å². The van der Waals surface area contributed by atoms with Gasteiger partial charge >= 0.3 is 0 Å². The van der Waals surface area contributed by atoms with E-state index in [2.05, 4.69) is 5.32 Å². The maximum absolute atomic E-state index is 12.2. The molecule has 0 aliphatic rings. The topological polar surface area (TPSA) is 72.2 Å². The summed E-state index contributed by atoms with van der Waals surface area (Å²) in [4.78, 5) is 22.6. The van der Waals surface area contributed by atoms with Gasteiger partial charge in [-0.2, -0.15) is 0 Å². The zero-order valence-electron chi connectivity index (χ0n) is 12.2. The van der Waals surface area contributed by atoms with Gasteiger partial charge in [0.1, 0.15) is 0 Å². The lowest BCUT2D eigenvalue weighted by atomic mass is 10.1. The van der Waals surface area contributed by atoms with E-state index < -0.39 is 4.92 Å². The second-order valence-electron chi connectivity index (χ2n) is 4.98. The number of benzene rings is 2. The number of nitro benzene ring substituents is 1. The van der Waals surface area contributed by atoms with Crippen LogP contribution < -0.4 is 5.32 Å². The van der Waals surface area contributed by atoms with Gasteiger partial charge in [0.15, 0.2) is 0 Å². The standard InChI is InChI=1S/C16H15ClN2O3/c1-10-9-12(7-8-15(10)19(21)22)16(20)18-11(2)13-5-3-4-6-14(13)17/h3-9,11H,1-2H3,(H,18,20). The Morgan fingerprint density at radius 2 is 1.95 bits per heavy atom. The third-order valence-corrected chi connectivity index (χ3v) is 3.72. The fraction of sp³-hybridized carbons (Fsp3) is 0.188. The smallest absolute Gasteiger partial charge is 0.272 e. The van der Waals surface area contributed by atoms with Crippen molar-refractivity contribution in [3.8, 4) is 0 Å². The van der Waals surface area contributed by atoms with Gasteiger partial charge in [0.05, 0.1) is 11.0 Å². The fourth-order valence-corrected chi connectivity index (χ4v) is 2.48. The van der Waals surface area contributed by atoms with Crippen LogP contribution in [0.2, 0.25) is 5.02 Å². The number of carbonyl (C=O) groups is 1. The van der Waals surface area contributed by atoms with Crippen molar-refractivity contribution in [2.24, 2.45) is 0 Å². The number of carbonyl (C=O) groups excluding carboxylic acids is 1. The SMILES string of the molecule is Cc1cc(C(=O)NC(C)c2ccccc2Cl)ccc1[N+](=O)[O-]. The molecule has 0 aliphatic carbocycles. The van der Waals surface area contributed by atoms with Gasteiger partial charge < -0.3 is 5.32 Å². The van der Waals surface area contributed by atoms with Crippen molar-refractivity contribution in [2.75, 3.05) is 0 Å². The van der Waals surface area contributed by atoms with Crippen LogP contribution in [0.1, 0.15) is 34.5 Å². The molecule has 0 bridgehead atoms. The van der Waals surface area contributed by atoms with E-state index in [1.807, 2.05) is 25.1 Å². The molecule has 0 heterocycles. The van der Waals surface area contributed by atoms with Crippen molar-refractivity contribution >= 4 is 23.2 Å². The maximum Gasteiger partial charge on any atom is 0.272 e. The molecule has 2 aromatic rings. The molecule has 0 saturated heterocycles. The monoisotopic (exact) mass is 318 g/mol. The molecule has 1 amide bonds. The lowest BCUT2D eigenvalue weighted by Gasteiger charge is -2.16. The van der Waals surface area contributed by atoms with Crippen LogP contribution in [-0.4, -0.2) is 10.8 Å². The van der Waals surface area contributed by atoms with E-state index in [1.54, 1.807) is 13.0 Å². The highest BCUT2D eigenvalue weighted by Crippen LogP contribution is 2.23. The Balaban J connectivity index is 2.17. The molecule has 1 N–H and O–H groups in total. The van der Waals surface area contributed by atoms with Crippen molar-refractivity contribution in [2.45, 2.75) is 19.9 Å². The molecule has 0 saturated carbocycles. The number of aryl methyl sites for hydroxylation is 1. The number of nitro groups is 1. The third kappa shape index (κ3) is 3.43. The molecule has 0 aliphatic heterocycles. The zero-order chi connectivity index (χ0) is 16.3. The Hall–Kier alpha value is -2.40. The van der Waals surface area contributed by atoms with Crippen LogP contribution in [0.3, 0.4) is 0 Å². The highest BCUT2D eigenvalue weighted by atomic mass is 35.5. The van der Waals surface area contributed by atoms with Gasteiger partial charge in [-0.3, -0.25) is 14.9 Å².